The SMILES string of the molecule is COc1ccc(C(=O)NC[C@@](C)(OC)c2ccccc2F)cc1F. The minimum absolute atomic E-state index is 0.0247. The molecule has 2 aromatic carbocycles. The molecule has 1 N–H and O–H groups in total. The number of benzene rings is 2. The van der Waals surface area contributed by atoms with Gasteiger partial charge in [0.25, 0.3) is 5.91 Å². The van der Waals surface area contributed by atoms with Gasteiger partial charge in [0.15, 0.2) is 11.6 Å². The van der Waals surface area contributed by atoms with E-state index in [1.165, 1.54) is 32.4 Å². The van der Waals surface area contributed by atoms with Crippen molar-refractivity contribution in [1.29, 1.82) is 0 Å². The van der Waals surface area contributed by atoms with Crippen LogP contribution in [0.1, 0.15) is 22.8 Å². The minimum atomic E-state index is -1.05. The Balaban J connectivity index is 2.14. The lowest BCUT2D eigenvalue weighted by Crippen LogP contribution is -2.40. The molecule has 0 aromatic heterocycles. The number of amides is 1. The lowest BCUT2D eigenvalue weighted by molar-refractivity contribution is 0.000386. The Morgan fingerprint density at radius 3 is 2.42 bits per heavy atom. The molecule has 4 nitrogen and oxygen atoms in total. The predicted octanol–water partition coefficient (Wildman–Crippen LogP) is 3.27. The third kappa shape index (κ3) is 3.71. The zero-order chi connectivity index (χ0) is 17.7. The molecule has 0 heterocycles. The molecular weight excluding hydrogens is 316 g/mol. The van der Waals surface area contributed by atoms with Gasteiger partial charge in [-0.3, -0.25) is 4.79 Å². The van der Waals surface area contributed by atoms with Gasteiger partial charge in [0.1, 0.15) is 11.4 Å². The summed E-state index contributed by atoms with van der Waals surface area (Å²) in [6.45, 7) is 1.69. The Kier molecular flexibility index (Phi) is 5.51. The number of ether oxygens (including phenoxy) is 2. The van der Waals surface area contributed by atoms with Gasteiger partial charge in [-0.1, -0.05) is 18.2 Å². The molecule has 2 aromatic rings. The van der Waals surface area contributed by atoms with Gasteiger partial charge in [-0.05, 0) is 31.2 Å². The molecule has 24 heavy (non-hydrogen) atoms. The highest BCUT2D eigenvalue weighted by Gasteiger charge is 2.30. The topological polar surface area (TPSA) is 47.6 Å². The highest BCUT2D eigenvalue weighted by molar-refractivity contribution is 5.94. The molecular formula is C18H19F2NO3. The van der Waals surface area contributed by atoms with E-state index in [1.807, 2.05) is 0 Å². The van der Waals surface area contributed by atoms with Gasteiger partial charge in [-0.2, -0.15) is 0 Å². The molecule has 0 fully saturated rings. The van der Waals surface area contributed by atoms with Crippen molar-refractivity contribution < 1.29 is 23.0 Å². The molecule has 0 saturated carbocycles. The highest BCUT2D eigenvalue weighted by Crippen LogP contribution is 2.26. The maximum atomic E-state index is 14.0. The van der Waals surface area contributed by atoms with Gasteiger partial charge in [-0.15, -0.1) is 0 Å². The van der Waals surface area contributed by atoms with Crippen molar-refractivity contribution in [3.8, 4) is 5.75 Å². The van der Waals surface area contributed by atoms with E-state index in [-0.39, 0.29) is 17.9 Å². The van der Waals surface area contributed by atoms with E-state index < -0.39 is 23.1 Å². The average Bonchev–Trinajstić information content (AvgIpc) is 2.59. The Morgan fingerprint density at radius 2 is 1.83 bits per heavy atom. The van der Waals surface area contributed by atoms with Crippen molar-refractivity contribution in [2.75, 3.05) is 20.8 Å². The van der Waals surface area contributed by atoms with Crippen LogP contribution in [0.3, 0.4) is 0 Å². The van der Waals surface area contributed by atoms with E-state index >= 15 is 0 Å². The van der Waals surface area contributed by atoms with Crippen molar-refractivity contribution in [2.45, 2.75) is 12.5 Å². The molecule has 0 spiro atoms. The predicted molar refractivity (Wildman–Crippen MR) is 86.0 cm³/mol. The van der Waals surface area contributed by atoms with Crippen LogP contribution < -0.4 is 10.1 Å². The number of hydrogen-bond donors (Lipinski definition) is 1. The summed E-state index contributed by atoms with van der Waals surface area (Å²) in [4.78, 5) is 12.2. The summed E-state index contributed by atoms with van der Waals surface area (Å²) >= 11 is 0. The quantitative estimate of drug-likeness (QED) is 0.881. The molecule has 2 rings (SSSR count). The molecule has 0 aliphatic rings. The van der Waals surface area contributed by atoms with Crippen LogP contribution in [-0.4, -0.2) is 26.7 Å². The van der Waals surface area contributed by atoms with E-state index in [0.29, 0.717) is 5.56 Å². The maximum Gasteiger partial charge on any atom is 0.251 e. The Hall–Kier alpha value is -2.47. The number of halogens is 2. The summed E-state index contributed by atoms with van der Waals surface area (Å²) in [6, 6.07) is 10.1. The molecule has 128 valence electrons. The maximum absolute atomic E-state index is 14.0. The summed E-state index contributed by atoms with van der Waals surface area (Å²) < 4.78 is 37.9. The fourth-order valence-electron chi connectivity index (χ4n) is 2.33. The molecule has 0 radical (unpaired) electrons. The van der Waals surface area contributed by atoms with Crippen molar-refractivity contribution in [3.05, 3.63) is 65.2 Å². The largest absolute Gasteiger partial charge is 0.494 e. The molecule has 0 bridgehead atoms. The van der Waals surface area contributed by atoms with Crippen molar-refractivity contribution in [3.63, 3.8) is 0 Å². The molecule has 1 atom stereocenters. The average molecular weight is 335 g/mol. The summed E-state index contributed by atoms with van der Waals surface area (Å²) in [5.74, 6) is -1.49. The van der Waals surface area contributed by atoms with Crippen molar-refractivity contribution >= 4 is 5.91 Å². The highest BCUT2D eigenvalue weighted by atomic mass is 19.1. The third-order valence-electron chi connectivity index (χ3n) is 3.89. The zero-order valence-corrected chi connectivity index (χ0v) is 13.7. The Labute approximate surface area is 139 Å². The van der Waals surface area contributed by atoms with Gasteiger partial charge < -0.3 is 14.8 Å². The smallest absolute Gasteiger partial charge is 0.251 e. The van der Waals surface area contributed by atoms with Gasteiger partial charge >= 0.3 is 0 Å². The first-order valence-electron chi connectivity index (χ1n) is 7.33. The lowest BCUT2D eigenvalue weighted by atomic mass is 9.95. The van der Waals surface area contributed by atoms with E-state index in [4.69, 9.17) is 9.47 Å². The zero-order valence-electron chi connectivity index (χ0n) is 13.7. The summed E-state index contributed by atoms with van der Waals surface area (Å²) in [5, 5.41) is 2.64. The second kappa shape index (κ2) is 7.40. The van der Waals surface area contributed by atoms with Crippen LogP contribution in [0.15, 0.2) is 42.5 Å². The minimum Gasteiger partial charge on any atom is -0.494 e. The van der Waals surface area contributed by atoms with Gasteiger partial charge in [0.2, 0.25) is 0 Å². The van der Waals surface area contributed by atoms with E-state index in [2.05, 4.69) is 5.32 Å². The van der Waals surface area contributed by atoms with E-state index in [9.17, 15) is 13.6 Å². The number of hydrogen-bond acceptors (Lipinski definition) is 3. The van der Waals surface area contributed by atoms with Crippen LogP contribution in [0, 0.1) is 11.6 Å². The number of methoxy groups -OCH3 is 2. The standard InChI is InChI=1S/C18H19F2NO3/c1-18(24-3,13-6-4-5-7-14(13)19)11-21-17(22)12-8-9-16(23-2)15(20)10-12/h4-10H,11H2,1-3H3,(H,21,22)/t18-/m1/s1. The van der Waals surface area contributed by atoms with Crippen LogP contribution in [0.5, 0.6) is 5.75 Å². The number of nitrogens with one attached hydrogen (secondary N) is 1. The molecule has 0 unspecified atom stereocenters. The van der Waals surface area contributed by atoms with Crippen LogP contribution in [0.2, 0.25) is 0 Å². The van der Waals surface area contributed by atoms with Gasteiger partial charge in [-0.25, -0.2) is 8.78 Å². The van der Waals surface area contributed by atoms with Gasteiger partial charge in [0, 0.05) is 18.2 Å². The number of carbonyl (C=O) groups is 1. The fraction of sp³-hybridized carbons (Fsp3) is 0.278. The molecule has 6 heteroatoms. The Morgan fingerprint density at radius 1 is 1.12 bits per heavy atom. The third-order valence-corrected chi connectivity index (χ3v) is 3.89. The van der Waals surface area contributed by atoms with Gasteiger partial charge in [0.05, 0.1) is 13.7 Å². The molecule has 0 saturated heterocycles. The second-order valence-electron chi connectivity index (χ2n) is 5.45. The van der Waals surface area contributed by atoms with Crippen LogP contribution in [0.25, 0.3) is 0 Å². The van der Waals surface area contributed by atoms with Crippen molar-refractivity contribution in [2.24, 2.45) is 0 Å². The number of rotatable bonds is 6. The molecule has 0 aliphatic carbocycles. The van der Waals surface area contributed by atoms with Crippen LogP contribution in [0.4, 0.5) is 8.78 Å². The van der Waals surface area contributed by atoms with E-state index in [0.717, 1.165) is 6.07 Å². The number of carbonyl (C=O) groups excluding carboxylic acids is 1. The first kappa shape index (κ1) is 17.9. The lowest BCUT2D eigenvalue weighted by Gasteiger charge is -2.29. The normalized spacial score (nSPS) is 13.2. The molecule has 1 amide bonds. The molecule has 0 aliphatic heterocycles. The Bertz CT molecular complexity index is 736. The van der Waals surface area contributed by atoms with Crippen LogP contribution in [-0.2, 0) is 10.3 Å². The van der Waals surface area contributed by atoms with E-state index in [1.54, 1.807) is 25.1 Å². The first-order valence-corrected chi connectivity index (χ1v) is 7.33. The fourth-order valence-corrected chi connectivity index (χ4v) is 2.33. The summed E-state index contributed by atoms with van der Waals surface area (Å²) in [6.07, 6.45) is 0. The summed E-state index contributed by atoms with van der Waals surface area (Å²) in [7, 11) is 2.78. The van der Waals surface area contributed by atoms with Crippen LogP contribution >= 0.6 is 0 Å². The monoisotopic (exact) mass is 335 g/mol. The van der Waals surface area contributed by atoms with Crippen molar-refractivity contribution in [1.82, 2.24) is 5.32 Å². The second-order valence-corrected chi connectivity index (χ2v) is 5.45. The summed E-state index contributed by atoms with van der Waals surface area (Å²) in [5.41, 5.74) is -0.583. The first-order chi connectivity index (χ1) is 11.4.